The van der Waals surface area contributed by atoms with Crippen LogP contribution in [0, 0.1) is 11.6 Å². The van der Waals surface area contributed by atoms with Crippen molar-refractivity contribution < 1.29 is 23.4 Å². The van der Waals surface area contributed by atoms with Gasteiger partial charge in [0.2, 0.25) is 0 Å². The van der Waals surface area contributed by atoms with Crippen molar-refractivity contribution in [2.75, 3.05) is 20.1 Å². The summed E-state index contributed by atoms with van der Waals surface area (Å²) in [5, 5.41) is 10.0. The Bertz CT molecular complexity index is 515. The van der Waals surface area contributed by atoms with E-state index >= 15 is 0 Å². The van der Waals surface area contributed by atoms with Crippen LogP contribution >= 0.6 is 0 Å². The van der Waals surface area contributed by atoms with Gasteiger partial charge in [0, 0.05) is 13.1 Å². The van der Waals surface area contributed by atoms with Gasteiger partial charge in [-0.15, -0.1) is 0 Å². The fraction of sp³-hybridized carbons (Fsp3) is 0.562. The van der Waals surface area contributed by atoms with E-state index in [-0.39, 0.29) is 18.9 Å². The summed E-state index contributed by atoms with van der Waals surface area (Å²) in [6, 6.07) is 3.29. The smallest absolute Gasteiger partial charge is 0.307 e. The Morgan fingerprint density at radius 1 is 1.32 bits per heavy atom. The van der Waals surface area contributed by atoms with E-state index in [0.717, 1.165) is 12.1 Å². The van der Waals surface area contributed by atoms with Gasteiger partial charge in [0.1, 0.15) is 5.60 Å². The van der Waals surface area contributed by atoms with Crippen molar-refractivity contribution >= 4 is 5.97 Å². The largest absolute Gasteiger partial charge is 0.460 e. The number of halogens is 2. The van der Waals surface area contributed by atoms with Crippen LogP contribution in [0.1, 0.15) is 38.9 Å². The average Bonchev–Trinajstić information content (AvgIpc) is 2.37. The van der Waals surface area contributed by atoms with Gasteiger partial charge < -0.3 is 14.7 Å². The predicted octanol–water partition coefficient (Wildman–Crippen LogP) is 2.66. The minimum atomic E-state index is -0.993. The van der Waals surface area contributed by atoms with Crippen molar-refractivity contribution in [1.82, 2.24) is 4.90 Å². The zero-order chi connectivity index (χ0) is 16.9. The first-order valence-electron chi connectivity index (χ1n) is 7.12. The molecule has 124 valence electrons. The second kappa shape index (κ2) is 7.65. The van der Waals surface area contributed by atoms with Crippen molar-refractivity contribution in [3.63, 3.8) is 0 Å². The quantitative estimate of drug-likeness (QED) is 0.820. The summed E-state index contributed by atoms with van der Waals surface area (Å²) in [7, 11) is 1.73. The zero-order valence-corrected chi connectivity index (χ0v) is 13.4. The Morgan fingerprint density at radius 3 is 2.50 bits per heavy atom. The number of benzene rings is 1. The lowest BCUT2D eigenvalue weighted by Crippen LogP contribution is -2.30. The fourth-order valence-corrected chi connectivity index (χ4v) is 1.89. The van der Waals surface area contributed by atoms with Crippen molar-refractivity contribution in [3.8, 4) is 0 Å². The normalized spacial score (nSPS) is 13.3. The molecule has 1 rings (SSSR count). The highest BCUT2D eigenvalue weighted by atomic mass is 19.2. The molecule has 0 spiro atoms. The number of carbonyl (C=O) groups is 1. The Morgan fingerprint density at radius 2 is 1.95 bits per heavy atom. The van der Waals surface area contributed by atoms with Gasteiger partial charge in [-0.2, -0.15) is 0 Å². The van der Waals surface area contributed by atoms with E-state index in [4.69, 9.17) is 4.74 Å². The third-order valence-corrected chi connectivity index (χ3v) is 2.93. The molecule has 0 fully saturated rings. The van der Waals surface area contributed by atoms with Crippen molar-refractivity contribution in [1.29, 1.82) is 0 Å². The maximum Gasteiger partial charge on any atom is 0.307 e. The van der Waals surface area contributed by atoms with Gasteiger partial charge in [-0.25, -0.2) is 8.78 Å². The molecule has 0 aliphatic heterocycles. The molecule has 4 nitrogen and oxygen atoms in total. The summed E-state index contributed by atoms with van der Waals surface area (Å²) in [6.45, 7) is 5.98. The molecule has 0 aromatic heterocycles. The third-order valence-electron chi connectivity index (χ3n) is 2.93. The van der Waals surface area contributed by atoms with Crippen LogP contribution in [0.25, 0.3) is 0 Å². The monoisotopic (exact) mass is 315 g/mol. The van der Waals surface area contributed by atoms with Gasteiger partial charge in [0.25, 0.3) is 0 Å². The molecule has 1 N–H and O–H groups in total. The Labute approximate surface area is 129 Å². The van der Waals surface area contributed by atoms with Gasteiger partial charge >= 0.3 is 5.97 Å². The highest BCUT2D eigenvalue weighted by molar-refractivity contribution is 5.70. The number of hydrogen-bond donors (Lipinski definition) is 1. The number of rotatable bonds is 6. The predicted molar refractivity (Wildman–Crippen MR) is 79.3 cm³/mol. The van der Waals surface area contributed by atoms with Gasteiger partial charge in [-0.05, 0) is 45.5 Å². The minimum absolute atomic E-state index is 0.193. The molecule has 0 radical (unpaired) electrons. The van der Waals surface area contributed by atoms with E-state index in [1.54, 1.807) is 32.7 Å². The number of likely N-dealkylation sites (N-methyl/N-ethyl adjacent to an activating group) is 1. The first kappa shape index (κ1) is 18.5. The van der Waals surface area contributed by atoms with Crippen LogP contribution in [-0.2, 0) is 9.53 Å². The summed E-state index contributed by atoms with van der Waals surface area (Å²) in [5.41, 5.74) is -0.233. The highest BCUT2D eigenvalue weighted by Gasteiger charge is 2.18. The molecular formula is C16H23F2NO3. The fourth-order valence-electron chi connectivity index (χ4n) is 1.89. The number of hydrogen-bond acceptors (Lipinski definition) is 4. The van der Waals surface area contributed by atoms with Crippen molar-refractivity contribution in [2.45, 2.75) is 38.9 Å². The van der Waals surface area contributed by atoms with Crippen LogP contribution in [0.15, 0.2) is 18.2 Å². The van der Waals surface area contributed by atoms with Crippen LogP contribution in [-0.4, -0.2) is 41.7 Å². The lowest BCUT2D eigenvalue weighted by Gasteiger charge is -2.23. The summed E-state index contributed by atoms with van der Waals surface area (Å²) in [5.74, 6) is -2.26. The lowest BCUT2D eigenvalue weighted by molar-refractivity contribution is -0.155. The van der Waals surface area contributed by atoms with Gasteiger partial charge in [-0.1, -0.05) is 6.07 Å². The van der Waals surface area contributed by atoms with E-state index in [2.05, 4.69) is 0 Å². The van der Waals surface area contributed by atoms with Crippen LogP contribution < -0.4 is 0 Å². The summed E-state index contributed by atoms with van der Waals surface area (Å²) >= 11 is 0. The maximum atomic E-state index is 13.1. The number of nitrogens with zero attached hydrogens (tertiary/aromatic N) is 1. The molecule has 0 saturated heterocycles. The minimum Gasteiger partial charge on any atom is -0.460 e. The summed E-state index contributed by atoms with van der Waals surface area (Å²) in [4.78, 5) is 13.3. The summed E-state index contributed by atoms with van der Waals surface area (Å²) in [6.07, 6.45) is -0.767. The second-order valence-corrected chi connectivity index (χ2v) is 6.29. The molecule has 0 aliphatic carbocycles. The standard InChI is InChI=1S/C16H23F2NO3/c1-16(2,3)22-15(21)7-8-19(4)10-14(20)11-5-6-12(17)13(18)9-11/h5-6,9,14,20H,7-8,10H2,1-4H3. The molecule has 1 unspecified atom stereocenters. The molecule has 1 aromatic rings. The van der Waals surface area contributed by atoms with E-state index < -0.39 is 23.3 Å². The molecular weight excluding hydrogens is 292 g/mol. The number of carbonyl (C=O) groups excluding carboxylic acids is 1. The molecule has 1 atom stereocenters. The summed E-state index contributed by atoms with van der Waals surface area (Å²) < 4.78 is 31.2. The Hall–Kier alpha value is -1.53. The molecule has 6 heteroatoms. The van der Waals surface area contributed by atoms with Crippen LogP contribution in [0.4, 0.5) is 8.78 Å². The molecule has 0 saturated carbocycles. The van der Waals surface area contributed by atoms with E-state index in [1.807, 2.05) is 0 Å². The second-order valence-electron chi connectivity index (χ2n) is 6.29. The van der Waals surface area contributed by atoms with Crippen molar-refractivity contribution in [3.05, 3.63) is 35.4 Å². The number of esters is 1. The van der Waals surface area contributed by atoms with E-state index in [9.17, 15) is 18.7 Å². The average molecular weight is 315 g/mol. The first-order chi connectivity index (χ1) is 10.1. The zero-order valence-electron chi connectivity index (χ0n) is 13.4. The number of aliphatic hydroxyl groups excluding tert-OH is 1. The molecule has 1 aromatic carbocycles. The Balaban J connectivity index is 2.45. The van der Waals surface area contributed by atoms with Gasteiger partial charge in [0.05, 0.1) is 12.5 Å². The molecule has 0 bridgehead atoms. The Kier molecular flexibility index (Phi) is 6.44. The van der Waals surface area contributed by atoms with Crippen LogP contribution in [0.5, 0.6) is 0 Å². The maximum absolute atomic E-state index is 13.1. The van der Waals surface area contributed by atoms with Crippen molar-refractivity contribution in [2.24, 2.45) is 0 Å². The third kappa shape index (κ3) is 6.49. The molecule has 22 heavy (non-hydrogen) atoms. The van der Waals surface area contributed by atoms with Gasteiger partial charge in [0.15, 0.2) is 11.6 Å². The molecule has 0 heterocycles. The number of ether oxygens (including phenoxy) is 1. The lowest BCUT2D eigenvalue weighted by atomic mass is 10.1. The molecule has 0 aliphatic rings. The topological polar surface area (TPSA) is 49.8 Å². The molecule has 0 amide bonds. The first-order valence-corrected chi connectivity index (χ1v) is 7.12. The van der Waals surface area contributed by atoms with E-state index in [1.165, 1.54) is 6.07 Å². The van der Waals surface area contributed by atoms with Gasteiger partial charge in [-0.3, -0.25) is 4.79 Å². The number of aliphatic hydroxyl groups is 1. The van der Waals surface area contributed by atoms with E-state index in [0.29, 0.717) is 12.1 Å². The van der Waals surface area contributed by atoms with Crippen LogP contribution in [0.3, 0.4) is 0 Å². The highest BCUT2D eigenvalue weighted by Crippen LogP contribution is 2.17. The SMILES string of the molecule is CN(CCC(=O)OC(C)(C)C)CC(O)c1ccc(F)c(F)c1. The van der Waals surface area contributed by atoms with Crippen LogP contribution in [0.2, 0.25) is 0 Å².